The summed E-state index contributed by atoms with van der Waals surface area (Å²) in [7, 11) is 0. The van der Waals surface area contributed by atoms with Gasteiger partial charge in [0.05, 0.1) is 21.6 Å². The van der Waals surface area contributed by atoms with Crippen LogP contribution in [-0.2, 0) is 0 Å². The van der Waals surface area contributed by atoms with Crippen molar-refractivity contribution >= 4 is 44.5 Å². The summed E-state index contributed by atoms with van der Waals surface area (Å²) in [6, 6.07) is 39.0. The first-order valence-corrected chi connectivity index (χ1v) is 13.3. The molecule has 0 spiro atoms. The molecule has 0 aliphatic carbocycles. The minimum atomic E-state index is 1.03. The largest absolute Gasteiger partial charge is 0.309 e. The fraction of sp³-hybridized carbons (Fsp3) is 0. The third-order valence-corrected chi connectivity index (χ3v) is 8.32. The number of nitrogens with zero attached hydrogens (tertiary/aromatic N) is 2. The Bertz CT molecular complexity index is 1770. The predicted octanol–water partition coefficient (Wildman–Crippen LogP) is 9.30. The molecule has 7 rings (SSSR count). The van der Waals surface area contributed by atoms with Crippen LogP contribution in [0.2, 0.25) is 0 Å². The van der Waals surface area contributed by atoms with Crippen molar-refractivity contribution in [3.05, 3.63) is 120 Å². The van der Waals surface area contributed by atoms with Crippen molar-refractivity contribution < 1.29 is 0 Å². The summed E-state index contributed by atoms with van der Waals surface area (Å²) < 4.78 is 2.35. The fourth-order valence-electron chi connectivity index (χ4n) is 4.76. The highest BCUT2D eigenvalue weighted by Crippen LogP contribution is 2.36. The molecule has 0 bridgehead atoms. The Morgan fingerprint density at radius 1 is 0.571 bits per heavy atom. The zero-order chi connectivity index (χ0) is 23.2. The molecule has 0 saturated carbocycles. The second-order valence-electron chi connectivity index (χ2n) is 8.51. The van der Waals surface area contributed by atoms with E-state index in [4.69, 9.17) is 4.98 Å². The molecule has 35 heavy (non-hydrogen) atoms. The minimum Gasteiger partial charge on any atom is -0.309 e. The molecule has 2 nitrogen and oxygen atoms in total. The van der Waals surface area contributed by atoms with Crippen LogP contribution in [0, 0.1) is 0 Å². The lowest BCUT2D eigenvalue weighted by Gasteiger charge is -2.08. The number of hydrogen-bond acceptors (Lipinski definition) is 3. The Morgan fingerprint density at radius 3 is 2.14 bits per heavy atom. The minimum absolute atomic E-state index is 1.03. The number of thiophene rings is 1. The molecule has 7 aromatic rings. The molecular weight excluding hydrogens is 464 g/mol. The van der Waals surface area contributed by atoms with Crippen LogP contribution in [0.15, 0.2) is 120 Å². The average molecular weight is 485 g/mol. The van der Waals surface area contributed by atoms with E-state index < -0.39 is 0 Å². The van der Waals surface area contributed by atoms with E-state index in [1.54, 1.807) is 22.7 Å². The number of fused-ring (bicyclic) bond motifs is 3. The van der Waals surface area contributed by atoms with Gasteiger partial charge in [0.15, 0.2) is 0 Å². The number of para-hydroxylation sites is 2. The van der Waals surface area contributed by atoms with Crippen molar-refractivity contribution in [3.63, 3.8) is 0 Å². The zero-order valence-electron chi connectivity index (χ0n) is 18.8. The van der Waals surface area contributed by atoms with Gasteiger partial charge in [-0.05, 0) is 52.9 Å². The van der Waals surface area contributed by atoms with Gasteiger partial charge in [-0.1, -0.05) is 72.8 Å². The maximum Gasteiger partial charge on any atom is 0.134 e. The molecule has 0 amide bonds. The van der Waals surface area contributed by atoms with E-state index in [9.17, 15) is 0 Å². The monoisotopic (exact) mass is 484 g/mol. The van der Waals surface area contributed by atoms with Crippen LogP contribution < -0.4 is 0 Å². The quantitative estimate of drug-likeness (QED) is 0.243. The van der Waals surface area contributed by atoms with Gasteiger partial charge >= 0.3 is 0 Å². The normalized spacial score (nSPS) is 11.4. The Morgan fingerprint density at radius 2 is 1.31 bits per heavy atom. The second-order valence-corrected chi connectivity index (χ2v) is 10.3. The van der Waals surface area contributed by atoms with Crippen LogP contribution in [0.25, 0.3) is 59.8 Å². The van der Waals surface area contributed by atoms with Crippen LogP contribution in [0.5, 0.6) is 0 Å². The number of rotatable bonds is 4. The van der Waals surface area contributed by atoms with E-state index in [-0.39, 0.29) is 0 Å². The van der Waals surface area contributed by atoms with Crippen molar-refractivity contribution in [3.8, 4) is 38.0 Å². The highest BCUT2D eigenvalue weighted by molar-refractivity contribution is 7.20. The van der Waals surface area contributed by atoms with Crippen molar-refractivity contribution in [1.82, 2.24) is 9.55 Å². The van der Waals surface area contributed by atoms with E-state index in [0.717, 1.165) is 16.3 Å². The molecule has 0 N–H and O–H groups in total. The standard InChI is InChI=1S/C31H20N2S2/c1-2-7-24(8-3-1)33-28-10-5-4-9-25(28)26-19-23(16-17-29(26)33)21-12-14-22(15-13-21)27-20-35-31(32-27)30-11-6-18-34-30/h1-20H. The van der Waals surface area contributed by atoms with Gasteiger partial charge in [-0.2, -0.15) is 0 Å². The smallest absolute Gasteiger partial charge is 0.134 e. The van der Waals surface area contributed by atoms with Crippen molar-refractivity contribution in [1.29, 1.82) is 0 Å². The van der Waals surface area contributed by atoms with Gasteiger partial charge in [0.25, 0.3) is 0 Å². The molecule has 4 heteroatoms. The van der Waals surface area contributed by atoms with Gasteiger partial charge in [0, 0.05) is 27.4 Å². The topological polar surface area (TPSA) is 17.8 Å². The number of thiazole rings is 1. The average Bonchev–Trinajstić information content (AvgIpc) is 3.68. The molecule has 0 saturated heterocycles. The second kappa shape index (κ2) is 8.35. The van der Waals surface area contributed by atoms with E-state index in [1.807, 2.05) is 0 Å². The Labute approximate surface area is 211 Å². The van der Waals surface area contributed by atoms with Gasteiger partial charge in [-0.15, -0.1) is 22.7 Å². The number of benzene rings is 4. The molecule has 0 atom stereocenters. The van der Waals surface area contributed by atoms with Crippen LogP contribution >= 0.6 is 22.7 Å². The lowest BCUT2D eigenvalue weighted by molar-refractivity contribution is 1.18. The summed E-state index contributed by atoms with van der Waals surface area (Å²) in [6.45, 7) is 0. The molecule has 0 radical (unpaired) electrons. The molecule has 0 aliphatic heterocycles. The molecule has 166 valence electrons. The van der Waals surface area contributed by atoms with Crippen molar-refractivity contribution in [2.45, 2.75) is 0 Å². The van der Waals surface area contributed by atoms with E-state index in [2.05, 4.69) is 125 Å². The molecule has 4 aromatic carbocycles. The summed E-state index contributed by atoms with van der Waals surface area (Å²) in [5, 5.41) is 7.87. The summed E-state index contributed by atoms with van der Waals surface area (Å²) in [4.78, 5) is 6.08. The highest BCUT2D eigenvalue weighted by Gasteiger charge is 2.13. The van der Waals surface area contributed by atoms with Gasteiger partial charge in [0.1, 0.15) is 5.01 Å². The van der Waals surface area contributed by atoms with Crippen LogP contribution in [0.3, 0.4) is 0 Å². The maximum atomic E-state index is 4.86. The van der Waals surface area contributed by atoms with Gasteiger partial charge in [0.2, 0.25) is 0 Å². The van der Waals surface area contributed by atoms with Gasteiger partial charge < -0.3 is 4.57 Å². The summed E-state index contributed by atoms with van der Waals surface area (Å²) in [6.07, 6.45) is 0. The summed E-state index contributed by atoms with van der Waals surface area (Å²) >= 11 is 3.43. The Balaban J connectivity index is 1.29. The van der Waals surface area contributed by atoms with Crippen LogP contribution in [0.1, 0.15) is 0 Å². The molecule has 3 aromatic heterocycles. The first kappa shape index (κ1) is 20.4. The highest BCUT2D eigenvalue weighted by atomic mass is 32.1. The van der Waals surface area contributed by atoms with E-state index in [0.29, 0.717) is 0 Å². The molecular formula is C31H20N2S2. The molecule has 3 heterocycles. The molecule has 0 unspecified atom stereocenters. The summed E-state index contributed by atoms with van der Waals surface area (Å²) in [5.41, 5.74) is 8.24. The lowest BCUT2D eigenvalue weighted by Crippen LogP contribution is -1.92. The third kappa shape index (κ3) is 3.50. The van der Waals surface area contributed by atoms with Crippen molar-refractivity contribution in [2.24, 2.45) is 0 Å². The number of aromatic nitrogens is 2. The van der Waals surface area contributed by atoms with Crippen molar-refractivity contribution in [2.75, 3.05) is 0 Å². The predicted molar refractivity (Wildman–Crippen MR) is 151 cm³/mol. The SMILES string of the molecule is c1ccc(-n2c3ccccc3c3cc(-c4ccc(-c5csc(-c6cccs6)n5)cc4)ccc32)cc1. The van der Waals surface area contributed by atoms with Gasteiger partial charge in [-0.3, -0.25) is 0 Å². The Kier molecular flexibility index (Phi) is 4.86. The van der Waals surface area contributed by atoms with Gasteiger partial charge in [-0.25, -0.2) is 4.98 Å². The van der Waals surface area contributed by atoms with Crippen LogP contribution in [0.4, 0.5) is 0 Å². The Hall–Kier alpha value is -3.99. The van der Waals surface area contributed by atoms with E-state index >= 15 is 0 Å². The fourth-order valence-corrected chi connectivity index (χ4v) is 6.40. The first-order chi connectivity index (χ1) is 17.3. The number of hydrogen-bond donors (Lipinski definition) is 0. The van der Waals surface area contributed by atoms with E-state index in [1.165, 1.54) is 43.5 Å². The summed E-state index contributed by atoms with van der Waals surface area (Å²) in [5.74, 6) is 0. The maximum absolute atomic E-state index is 4.86. The third-order valence-electron chi connectivity index (χ3n) is 6.44. The van der Waals surface area contributed by atoms with Crippen LogP contribution in [-0.4, -0.2) is 9.55 Å². The lowest BCUT2D eigenvalue weighted by atomic mass is 10.0. The molecule has 0 fully saturated rings. The molecule has 0 aliphatic rings. The first-order valence-electron chi connectivity index (χ1n) is 11.5. The zero-order valence-corrected chi connectivity index (χ0v) is 20.4.